The molecule has 2 rings (SSSR count). The number of carbonyl (C=O) groups is 1. The number of ether oxygens (including phenoxy) is 3. The number of amides is 2. The van der Waals surface area contributed by atoms with Crippen molar-refractivity contribution >= 4 is 11.7 Å². The number of nitrogens with one attached hydrogen (secondary N) is 2. The average molecular weight is 336 g/mol. The van der Waals surface area contributed by atoms with Gasteiger partial charge in [-0.05, 0) is 19.3 Å². The van der Waals surface area contributed by atoms with Gasteiger partial charge in [0, 0.05) is 37.0 Å². The zero-order valence-corrected chi connectivity index (χ0v) is 14.6. The summed E-state index contributed by atoms with van der Waals surface area (Å²) in [6, 6.07) is 5.00. The number of rotatable bonds is 8. The smallest absolute Gasteiger partial charge is 0.319 e. The van der Waals surface area contributed by atoms with Crippen LogP contribution in [0.4, 0.5) is 10.5 Å². The number of anilines is 1. The van der Waals surface area contributed by atoms with Gasteiger partial charge in [-0.3, -0.25) is 0 Å². The Bertz CT molecular complexity index is 493. The van der Waals surface area contributed by atoms with Crippen molar-refractivity contribution in [1.82, 2.24) is 5.32 Å². The quantitative estimate of drug-likeness (QED) is 0.712. The Labute approximate surface area is 143 Å². The molecule has 1 aliphatic rings. The van der Waals surface area contributed by atoms with Crippen LogP contribution in [0, 0.1) is 0 Å². The summed E-state index contributed by atoms with van der Waals surface area (Å²) in [4.78, 5) is 11.9. The van der Waals surface area contributed by atoms with Crippen LogP contribution in [0.2, 0.25) is 0 Å². The van der Waals surface area contributed by atoms with E-state index in [1.54, 1.807) is 32.4 Å². The van der Waals surface area contributed by atoms with E-state index in [2.05, 4.69) is 10.6 Å². The van der Waals surface area contributed by atoms with E-state index in [0.29, 0.717) is 36.4 Å². The lowest BCUT2D eigenvalue weighted by atomic mass is 9.98. The SMILES string of the molecule is COc1cc(NC(=O)NCCCOC2CCCCC2)cc(OC)c1. The molecule has 1 saturated carbocycles. The topological polar surface area (TPSA) is 68.8 Å². The van der Waals surface area contributed by atoms with Gasteiger partial charge >= 0.3 is 6.03 Å². The summed E-state index contributed by atoms with van der Waals surface area (Å²) in [7, 11) is 3.15. The minimum atomic E-state index is -0.247. The molecule has 0 atom stereocenters. The van der Waals surface area contributed by atoms with Crippen molar-refractivity contribution in [2.24, 2.45) is 0 Å². The third-order valence-electron chi connectivity index (χ3n) is 4.12. The van der Waals surface area contributed by atoms with Crippen LogP contribution in [0.1, 0.15) is 38.5 Å². The Morgan fingerprint density at radius 2 is 1.75 bits per heavy atom. The summed E-state index contributed by atoms with van der Waals surface area (Å²) in [5.74, 6) is 1.26. The van der Waals surface area contributed by atoms with Crippen LogP contribution in [0.15, 0.2) is 18.2 Å². The molecule has 1 aromatic carbocycles. The largest absolute Gasteiger partial charge is 0.497 e. The maximum atomic E-state index is 11.9. The number of methoxy groups -OCH3 is 2. The molecular weight excluding hydrogens is 308 g/mol. The summed E-state index contributed by atoms with van der Waals surface area (Å²) in [5.41, 5.74) is 0.627. The van der Waals surface area contributed by atoms with Gasteiger partial charge < -0.3 is 24.8 Å². The van der Waals surface area contributed by atoms with Crippen LogP contribution in [0.25, 0.3) is 0 Å². The minimum absolute atomic E-state index is 0.247. The van der Waals surface area contributed by atoms with Gasteiger partial charge in [0.1, 0.15) is 11.5 Å². The van der Waals surface area contributed by atoms with Gasteiger partial charge in [0.25, 0.3) is 0 Å². The number of hydrogen-bond donors (Lipinski definition) is 2. The van der Waals surface area contributed by atoms with E-state index in [4.69, 9.17) is 14.2 Å². The molecule has 0 spiro atoms. The Morgan fingerprint density at radius 3 is 2.38 bits per heavy atom. The molecule has 0 heterocycles. The molecule has 134 valence electrons. The van der Waals surface area contributed by atoms with Gasteiger partial charge in [0.05, 0.1) is 20.3 Å². The molecule has 2 N–H and O–H groups in total. The number of benzene rings is 1. The summed E-state index contributed by atoms with van der Waals surface area (Å²) >= 11 is 0. The van der Waals surface area contributed by atoms with Crippen LogP contribution < -0.4 is 20.1 Å². The Kier molecular flexibility index (Phi) is 7.68. The molecule has 1 aromatic rings. The second-order valence-electron chi connectivity index (χ2n) is 5.97. The summed E-state index contributed by atoms with van der Waals surface area (Å²) in [6.07, 6.45) is 7.45. The highest BCUT2D eigenvalue weighted by Crippen LogP contribution is 2.25. The predicted octanol–water partition coefficient (Wildman–Crippen LogP) is 3.56. The second kappa shape index (κ2) is 10.0. The maximum Gasteiger partial charge on any atom is 0.319 e. The fourth-order valence-electron chi connectivity index (χ4n) is 2.81. The Morgan fingerprint density at radius 1 is 1.08 bits per heavy atom. The van der Waals surface area contributed by atoms with Crippen molar-refractivity contribution in [3.8, 4) is 11.5 Å². The summed E-state index contributed by atoms with van der Waals surface area (Å²) in [5, 5.41) is 5.61. The molecule has 6 heteroatoms. The van der Waals surface area contributed by atoms with Crippen molar-refractivity contribution in [1.29, 1.82) is 0 Å². The normalized spacial score (nSPS) is 14.9. The molecule has 24 heavy (non-hydrogen) atoms. The summed E-state index contributed by atoms with van der Waals surface area (Å²) < 4.78 is 16.2. The highest BCUT2D eigenvalue weighted by Gasteiger charge is 2.13. The maximum absolute atomic E-state index is 11.9. The van der Waals surface area contributed by atoms with Crippen LogP contribution in [0.3, 0.4) is 0 Å². The van der Waals surface area contributed by atoms with Crippen LogP contribution in [0.5, 0.6) is 11.5 Å². The first-order valence-corrected chi connectivity index (χ1v) is 8.61. The molecule has 0 saturated heterocycles. The Hall–Kier alpha value is -1.95. The molecule has 0 radical (unpaired) electrons. The van der Waals surface area contributed by atoms with E-state index in [1.165, 1.54) is 32.1 Å². The number of urea groups is 1. The van der Waals surface area contributed by atoms with E-state index in [-0.39, 0.29) is 6.03 Å². The molecule has 1 aliphatic carbocycles. The molecule has 6 nitrogen and oxygen atoms in total. The van der Waals surface area contributed by atoms with Gasteiger partial charge in [-0.1, -0.05) is 19.3 Å². The highest BCUT2D eigenvalue weighted by molar-refractivity contribution is 5.89. The van der Waals surface area contributed by atoms with Gasteiger partial charge in [0.2, 0.25) is 0 Å². The lowest BCUT2D eigenvalue weighted by Crippen LogP contribution is -2.30. The second-order valence-corrected chi connectivity index (χ2v) is 5.97. The lowest BCUT2D eigenvalue weighted by Gasteiger charge is -2.21. The molecular formula is C18H28N2O4. The standard InChI is InChI=1S/C18H28N2O4/c1-22-16-11-14(12-17(13-16)23-2)20-18(21)19-9-6-10-24-15-7-4-3-5-8-15/h11-13,15H,3-10H2,1-2H3,(H2,19,20,21). The van der Waals surface area contributed by atoms with Gasteiger partial charge in [-0.2, -0.15) is 0 Å². The molecule has 0 aromatic heterocycles. The van der Waals surface area contributed by atoms with E-state index in [9.17, 15) is 4.79 Å². The van der Waals surface area contributed by atoms with Crippen molar-refractivity contribution in [3.05, 3.63) is 18.2 Å². The van der Waals surface area contributed by atoms with Crippen molar-refractivity contribution in [2.75, 3.05) is 32.7 Å². The molecule has 1 fully saturated rings. The molecule has 0 aliphatic heterocycles. The first kappa shape index (κ1) is 18.4. The van der Waals surface area contributed by atoms with E-state index in [0.717, 1.165) is 6.42 Å². The van der Waals surface area contributed by atoms with E-state index >= 15 is 0 Å². The van der Waals surface area contributed by atoms with Crippen LogP contribution in [-0.2, 0) is 4.74 Å². The van der Waals surface area contributed by atoms with Gasteiger partial charge in [0.15, 0.2) is 0 Å². The van der Waals surface area contributed by atoms with Crippen LogP contribution in [-0.4, -0.2) is 39.5 Å². The van der Waals surface area contributed by atoms with Gasteiger partial charge in [-0.25, -0.2) is 4.79 Å². The lowest BCUT2D eigenvalue weighted by molar-refractivity contribution is 0.0276. The van der Waals surface area contributed by atoms with Crippen molar-refractivity contribution in [2.45, 2.75) is 44.6 Å². The van der Waals surface area contributed by atoms with E-state index < -0.39 is 0 Å². The third kappa shape index (κ3) is 6.28. The predicted molar refractivity (Wildman–Crippen MR) is 94.0 cm³/mol. The fraction of sp³-hybridized carbons (Fsp3) is 0.611. The zero-order valence-electron chi connectivity index (χ0n) is 14.6. The third-order valence-corrected chi connectivity index (χ3v) is 4.12. The van der Waals surface area contributed by atoms with Crippen molar-refractivity contribution < 1.29 is 19.0 Å². The molecule has 2 amide bonds. The first-order chi connectivity index (χ1) is 11.7. The average Bonchev–Trinajstić information content (AvgIpc) is 2.61. The first-order valence-electron chi connectivity index (χ1n) is 8.61. The molecule has 0 bridgehead atoms. The Balaban J connectivity index is 1.65. The van der Waals surface area contributed by atoms with Gasteiger partial charge in [-0.15, -0.1) is 0 Å². The number of carbonyl (C=O) groups excluding carboxylic acids is 1. The van der Waals surface area contributed by atoms with E-state index in [1.807, 2.05) is 0 Å². The van der Waals surface area contributed by atoms with Crippen LogP contribution >= 0.6 is 0 Å². The summed E-state index contributed by atoms with van der Waals surface area (Å²) in [6.45, 7) is 1.28. The number of hydrogen-bond acceptors (Lipinski definition) is 4. The zero-order chi connectivity index (χ0) is 17.2. The monoisotopic (exact) mass is 336 g/mol. The molecule has 0 unspecified atom stereocenters. The minimum Gasteiger partial charge on any atom is -0.497 e. The highest BCUT2D eigenvalue weighted by atomic mass is 16.5. The van der Waals surface area contributed by atoms with Crippen molar-refractivity contribution in [3.63, 3.8) is 0 Å². The fourth-order valence-corrected chi connectivity index (χ4v) is 2.81.